The fraction of sp³-hybridized carbons (Fsp3) is 0.875. The molecule has 0 saturated carbocycles. The van der Waals surface area contributed by atoms with E-state index in [0.29, 0.717) is 13.0 Å². The number of carbonyl (C=O) groups excluding carboxylic acids is 1. The summed E-state index contributed by atoms with van der Waals surface area (Å²) >= 11 is 0. The molecule has 0 aromatic rings. The summed E-state index contributed by atoms with van der Waals surface area (Å²) in [7, 11) is 0. The zero-order valence-corrected chi connectivity index (χ0v) is 17.7. The minimum absolute atomic E-state index is 0.125. The van der Waals surface area contributed by atoms with Crippen LogP contribution in [-0.2, 0) is 14.3 Å². The molecule has 0 N–H and O–H groups in total. The number of terminal acetylenes is 1. The van der Waals surface area contributed by atoms with Gasteiger partial charge >= 0.3 is 5.97 Å². The number of hydrogen-bond donors (Lipinski definition) is 0. The molecule has 0 bridgehead atoms. The monoisotopic (exact) mass is 378 g/mol. The van der Waals surface area contributed by atoms with Crippen LogP contribution in [0.2, 0.25) is 0 Å². The van der Waals surface area contributed by atoms with E-state index in [2.05, 4.69) is 12.8 Å². The van der Waals surface area contributed by atoms with Crippen LogP contribution in [0.15, 0.2) is 0 Å². The predicted octanol–water partition coefficient (Wildman–Crippen LogP) is 6.58. The SMILES string of the molecule is C#CC1OCCC1OC(=O)CCCCCCCCCCCCCCCCC. The summed E-state index contributed by atoms with van der Waals surface area (Å²) in [5.74, 6) is 2.42. The Bertz CT molecular complexity index is 399. The molecule has 0 aromatic heterocycles. The van der Waals surface area contributed by atoms with Crippen molar-refractivity contribution in [1.82, 2.24) is 0 Å². The van der Waals surface area contributed by atoms with E-state index in [1.165, 1.54) is 83.5 Å². The van der Waals surface area contributed by atoms with Gasteiger partial charge in [0.05, 0.1) is 6.61 Å². The summed E-state index contributed by atoms with van der Waals surface area (Å²) in [6.07, 6.45) is 25.9. The molecular weight excluding hydrogens is 336 g/mol. The van der Waals surface area contributed by atoms with E-state index in [-0.39, 0.29) is 18.2 Å². The Hall–Kier alpha value is -1.01. The van der Waals surface area contributed by atoms with Crippen molar-refractivity contribution in [3.8, 4) is 12.3 Å². The lowest BCUT2D eigenvalue weighted by atomic mass is 10.0. The Kier molecular flexibility index (Phi) is 15.2. The highest BCUT2D eigenvalue weighted by atomic mass is 16.6. The maximum Gasteiger partial charge on any atom is 0.306 e. The van der Waals surface area contributed by atoms with Crippen LogP contribution in [0.1, 0.15) is 116 Å². The fourth-order valence-corrected chi connectivity index (χ4v) is 3.71. The lowest BCUT2D eigenvalue weighted by Gasteiger charge is -2.14. The van der Waals surface area contributed by atoms with E-state index >= 15 is 0 Å². The first kappa shape index (κ1) is 24.0. The average molecular weight is 379 g/mol. The lowest BCUT2D eigenvalue weighted by molar-refractivity contribution is -0.150. The number of unbranched alkanes of at least 4 members (excludes halogenated alkanes) is 14. The highest BCUT2D eigenvalue weighted by molar-refractivity contribution is 5.69. The molecule has 1 saturated heterocycles. The first-order chi connectivity index (χ1) is 13.3. The van der Waals surface area contributed by atoms with Crippen LogP contribution in [0.5, 0.6) is 0 Å². The molecule has 0 amide bonds. The molecule has 2 atom stereocenters. The van der Waals surface area contributed by atoms with Crippen LogP contribution >= 0.6 is 0 Å². The van der Waals surface area contributed by atoms with Crippen LogP contribution in [0.25, 0.3) is 0 Å². The highest BCUT2D eigenvalue weighted by Gasteiger charge is 2.29. The van der Waals surface area contributed by atoms with Gasteiger partial charge in [-0.1, -0.05) is 103 Å². The number of rotatable bonds is 17. The van der Waals surface area contributed by atoms with Gasteiger partial charge in [0.1, 0.15) is 6.10 Å². The summed E-state index contributed by atoms with van der Waals surface area (Å²) in [6, 6.07) is 0. The Balaban J connectivity index is 1.79. The number of carbonyl (C=O) groups is 1. The largest absolute Gasteiger partial charge is 0.458 e. The third-order valence-corrected chi connectivity index (χ3v) is 5.47. The molecule has 156 valence electrons. The van der Waals surface area contributed by atoms with Gasteiger partial charge < -0.3 is 9.47 Å². The van der Waals surface area contributed by atoms with Crippen LogP contribution < -0.4 is 0 Å². The third kappa shape index (κ3) is 12.9. The molecule has 1 rings (SSSR count). The molecule has 0 radical (unpaired) electrons. The Labute approximate surface area is 168 Å². The zero-order chi connectivity index (χ0) is 19.6. The van der Waals surface area contributed by atoms with Crippen LogP contribution in [-0.4, -0.2) is 24.8 Å². The molecule has 0 aromatic carbocycles. The third-order valence-electron chi connectivity index (χ3n) is 5.47. The summed E-state index contributed by atoms with van der Waals surface area (Å²) < 4.78 is 10.8. The molecule has 0 aliphatic carbocycles. The summed E-state index contributed by atoms with van der Waals surface area (Å²) in [4.78, 5) is 11.8. The first-order valence-electron chi connectivity index (χ1n) is 11.5. The van der Waals surface area contributed by atoms with Gasteiger partial charge in [-0.25, -0.2) is 0 Å². The van der Waals surface area contributed by atoms with Crippen molar-refractivity contribution in [2.45, 2.75) is 128 Å². The summed E-state index contributed by atoms with van der Waals surface area (Å²) in [5.41, 5.74) is 0. The topological polar surface area (TPSA) is 35.5 Å². The molecular formula is C24H42O3. The normalized spacial score (nSPS) is 19.1. The molecule has 0 spiro atoms. The van der Waals surface area contributed by atoms with Crippen molar-refractivity contribution in [3.63, 3.8) is 0 Å². The first-order valence-corrected chi connectivity index (χ1v) is 11.5. The van der Waals surface area contributed by atoms with Crippen molar-refractivity contribution in [3.05, 3.63) is 0 Å². The Morgan fingerprint density at radius 2 is 1.37 bits per heavy atom. The predicted molar refractivity (Wildman–Crippen MR) is 113 cm³/mol. The maximum absolute atomic E-state index is 11.8. The van der Waals surface area contributed by atoms with E-state index in [1.807, 2.05) is 0 Å². The van der Waals surface area contributed by atoms with Crippen molar-refractivity contribution in [2.75, 3.05) is 6.61 Å². The molecule has 2 unspecified atom stereocenters. The lowest BCUT2D eigenvalue weighted by Crippen LogP contribution is -2.25. The number of esters is 1. The molecule has 1 aliphatic heterocycles. The number of ether oxygens (including phenoxy) is 2. The van der Waals surface area contributed by atoms with Gasteiger partial charge in [-0.15, -0.1) is 6.42 Å². The summed E-state index contributed by atoms with van der Waals surface area (Å²) in [5, 5.41) is 0. The molecule has 1 fully saturated rings. The van der Waals surface area contributed by atoms with Gasteiger partial charge in [-0.3, -0.25) is 4.79 Å². The second kappa shape index (κ2) is 17.1. The van der Waals surface area contributed by atoms with Gasteiger partial charge in [0, 0.05) is 12.8 Å². The van der Waals surface area contributed by atoms with Gasteiger partial charge in [0.2, 0.25) is 0 Å². The standard InChI is InChI=1S/C24H42O3/c1-3-5-6-7-8-9-10-11-12-13-14-15-16-17-18-19-24(25)27-23-20-21-26-22(23)4-2/h2,22-23H,3,5-21H2,1H3. The average Bonchev–Trinajstić information content (AvgIpc) is 3.12. The van der Waals surface area contributed by atoms with Crippen molar-refractivity contribution in [1.29, 1.82) is 0 Å². The van der Waals surface area contributed by atoms with Crippen molar-refractivity contribution >= 4 is 5.97 Å². The minimum atomic E-state index is -0.352. The van der Waals surface area contributed by atoms with Crippen LogP contribution in [0.3, 0.4) is 0 Å². The van der Waals surface area contributed by atoms with Crippen LogP contribution in [0.4, 0.5) is 0 Å². The van der Waals surface area contributed by atoms with E-state index in [1.54, 1.807) is 0 Å². The van der Waals surface area contributed by atoms with Crippen molar-refractivity contribution in [2.24, 2.45) is 0 Å². The zero-order valence-electron chi connectivity index (χ0n) is 17.7. The smallest absolute Gasteiger partial charge is 0.306 e. The number of hydrogen-bond acceptors (Lipinski definition) is 3. The maximum atomic E-state index is 11.8. The summed E-state index contributed by atoms with van der Waals surface area (Å²) in [6.45, 7) is 2.86. The van der Waals surface area contributed by atoms with E-state index < -0.39 is 0 Å². The quantitative estimate of drug-likeness (QED) is 0.163. The molecule has 3 heteroatoms. The van der Waals surface area contributed by atoms with Gasteiger partial charge in [-0.2, -0.15) is 0 Å². The van der Waals surface area contributed by atoms with Crippen LogP contribution in [0, 0.1) is 12.3 Å². The molecule has 1 aliphatic rings. The van der Waals surface area contributed by atoms with Gasteiger partial charge in [0.25, 0.3) is 0 Å². The molecule has 27 heavy (non-hydrogen) atoms. The Morgan fingerprint density at radius 3 is 1.85 bits per heavy atom. The molecule has 3 nitrogen and oxygen atoms in total. The van der Waals surface area contributed by atoms with Crippen molar-refractivity contribution < 1.29 is 14.3 Å². The van der Waals surface area contributed by atoms with E-state index in [9.17, 15) is 4.79 Å². The minimum Gasteiger partial charge on any atom is -0.458 e. The second-order valence-corrected chi connectivity index (χ2v) is 7.97. The van der Waals surface area contributed by atoms with Gasteiger partial charge in [-0.05, 0) is 6.42 Å². The highest BCUT2D eigenvalue weighted by Crippen LogP contribution is 2.18. The van der Waals surface area contributed by atoms with Gasteiger partial charge in [0.15, 0.2) is 6.10 Å². The van der Waals surface area contributed by atoms with E-state index in [0.717, 1.165) is 19.3 Å². The fourth-order valence-electron chi connectivity index (χ4n) is 3.71. The van der Waals surface area contributed by atoms with E-state index in [4.69, 9.17) is 15.9 Å². The second-order valence-electron chi connectivity index (χ2n) is 7.97. The molecule has 1 heterocycles. The Morgan fingerprint density at radius 1 is 0.889 bits per heavy atom.